The fourth-order valence-electron chi connectivity index (χ4n) is 2.21. The first-order valence-corrected chi connectivity index (χ1v) is 7.17. The van der Waals surface area contributed by atoms with Gasteiger partial charge in [0.1, 0.15) is 0 Å². The summed E-state index contributed by atoms with van der Waals surface area (Å²) in [6.07, 6.45) is 6.41. The predicted octanol–water partition coefficient (Wildman–Crippen LogP) is 3.05. The van der Waals surface area contributed by atoms with Crippen molar-refractivity contribution in [1.82, 2.24) is 10.4 Å². The zero-order valence-corrected chi connectivity index (χ0v) is 12.4. The lowest BCUT2D eigenvalue weighted by atomic mass is 9.99. The van der Waals surface area contributed by atoms with Gasteiger partial charge in [-0.25, -0.2) is 0 Å². The zero-order chi connectivity index (χ0) is 14.4. The number of nitrogens with two attached hydrogens (primary N) is 1. The highest BCUT2D eigenvalue weighted by molar-refractivity contribution is 6.31. The van der Waals surface area contributed by atoms with Crippen molar-refractivity contribution >= 4 is 11.6 Å². The van der Waals surface area contributed by atoms with Gasteiger partial charge in [0, 0.05) is 23.5 Å². The first-order chi connectivity index (χ1) is 9.69. The summed E-state index contributed by atoms with van der Waals surface area (Å²) < 4.78 is 0. The molecule has 0 spiro atoms. The van der Waals surface area contributed by atoms with E-state index in [0.717, 1.165) is 29.8 Å². The smallest absolute Gasteiger partial charge is 0.0441 e. The van der Waals surface area contributed by atoms with Crippen LogP contribution in [0.4, 0.5) is 0 Å². The van der Waals surface area contributed by atoms with Crippen LogP contribution in [0.25, 0.3) is 0 Å². The van der Waals surface area contributed by atoms with Gasteiger partial charge in [-0.2, -0.15) is 0 Å². The average Bonchev–Trinajstić information content (AvgIpc) is 2.46. The van der Waals surface area contributed by atoms with Crippen LogP contribution in [-0.4, -0.2) is 11.0 Å². The van der Waals surface area contributed by atoms with Crippen molar-refractivity contribution in [3.8, 4) is 0 Å². The van der Waals surface area contributed by atoms with Gasteiger partial charge in [0.15, 0.2) is 0 Å². The van der Waals surface area contributed by atoms with Crippen molar-refractivity contribution < 1.29 is 0 Å². The molecule has 2 rings (SSSR count). The molecule has 2 aromatic rings. The van der Waals surface area contributed by atoms with E-state index in [-0.39, 0.29) is 6.04 Å². The third-order valence-corrected chi connectivity index (χ3v) is 3.77. The van der Waals surface area contributed by atoms with E-state index < -0.39 is 0 Å². The average molecular weight is 290 g/mol. The monoisotopic (exact) mass is 289 g/mol. The minimum Gasteiger partial charge on any atom is -0.271 e. The second kappa shape index (κ2) is 7.39. The number of aromatic nitrogens is 1. The van der Waals surface area contributed by atoms with Gasteiger partial charge in [0.2, 0.25) is 0 Å². The molecule has 0 aliphatic carbocycles. The standard InChI is InChI=1S/C16H20ClN3/c1-12-4-6-14(16(17)9-12)10-15(20-18)7-5-13-3-2-8-19-11-13/h2-4,6,8-9,11,15,20H,5,7,10,18H2,1H3. The maximum atomic E-state index is 6.27. The van der Waals surface area contributed by atoms with Crippen molar-refractivity contribution in [2.45, 2.75) is 32.2 Å². The number of aryl methyl sites for hydroxylation is 2. The number of hydrogen-bond donors (Lipinski definition) is 2. The number of rotatable bonds is 6. The third-order valence-electron chi connectivity index (χ3n) is 3.41. The minimum atomic E-state index is 0.204. The van der Waals surface area contributed by atoms with E-state index >= 15 is 0 Å². The maximum absolute atomic E-state index is 6.27. The fraction of sp³-hybridized carbons (Fsp3) is 0.312. The molecule has 3 N–H and O–H groups in total. The van der Waals surface area contributed by atoms with E-state index in [2.05, 4.69) is 28.6 Å². The molecule has 3 nitrogen and oxygen atoms in total. The van der Waals surface area contributed by atoms with Gasteiger partial charge < -0.3 is 0 Å². The first kappa shape index (κ1) is 15.0. The van der Waals surface area contributed by atoms with E-state index in [1.165, 1.54) is 11.1 Å². The highest BCUT2D eigenvalue weighted by atomic mass is 35.5. The molecule has 0 saturated heterocycles. The van der Waals surface area contributed by atoms with Crippen molar-refractivity contribution in [2.24, 2.45) is 5.84 Å². The Morgan fingerprint density at radius 1 is 1.35 bits per heavy atom. The Bertz CT molecular complexity index is 543. The van der Waals surface area contributed by atoms with E-state index in [9.17, 15) is 0 Å². The lowest BCUT2D eigenvalue weighted by Crippen LogP contribution is -2.37. The van der Waals surface area contributed by atoms with Crippen LogP contribution < -0.4 is 11.3 Å². The number of hydrogen-bond acceptors (Lipinski definition) is 3. The van der Waals surface area contributed by atoms with Crippen molar-refractivity contribution in [3.05, 3.63) is 64.4 Å². The van der Waals surface area contributed by atoms with Crippen LogP contribution in [-0.2, 0) is 12.8 Å². The number of halogens is 1. The maximum Gasteiger partial charge on any atom is 0.0441 e. The third kappa shape index (κ3) is 4.30. The van der Waals surface area contributed by atoms with Gasteiger partial charge >= 0.3 is 0 Å². The molecule has 0 bridgehead atoms. The second-order valence-electron chi connectivity index (χ2n) is 5.06. The lowest BCUT2D eigenvalue weighted by molar-refractivity contribution is 0.491. The van der Waals surface area contributed by atoms with E-state index in [1.807, 2.05) is 25.3 Å². The zero-order valence-electron chi connectivity index (χ0n) is 11.6. The van der Waals surface area contributed by atoms with Gasteiger partial charge in [-0.1, -0.05) is 29.8 Å². The van der Waals surface area contributed by atoms with Crippen LogP contribution >= 0.6 is 11.6 Å². The number of hydrazine groups is 1. The van der Waals surface area contributed by atoms with Crippen molar-refractivity contribution in [2.75, 3.05) is 0 Å². The summed E-state index contributed by atoms with van der Waals surface area (Å²) in [7, 11) is 0. The normalized spacial score (nSPS) is 12.3. The fourth-order valence-corrected chi connectivity index (χ4v) is 2.53. The lowest BCUT2D eigenvalue weighted by Gasteiger charge is -2.17. The highest BCUT2D eigenvalue weighted by Gasteiger charge is 2.10. The Morgan fingerprint density at radius 2 is 2.20 bits per heavy atom. The molecule has 1 heterocycles. The number of benzene rings is 1. The van der Waals surface area contributed by atoms with Crippen LogP contribution in [0, 0.1) is 6.92 Å². The Kier molecular flexibility index (Phi) is 5.53. The molecule has 0 aliphatic rings. The molecule has 1 aromatic heterocycles. The molecule has 0 radical (unpaired) electrons. The van der Waals surface area contributed by atoms with Gasteiger partial charge in [-0.3, -0.25) is 16.3 Å². The van der Waals surface area contributed by atoms with Gasteiger partial charge in [-0.05, 0) is 55.0 Å². The SMILES string of the molecule is Cc1ccc(CC(CCc2cccnc2)NN)c(Cl)c1. The Hall–Kier alpha value is -1.42. The van der Waals surface area contributed by atoms with Crippen LogP contribution in [0.15, 0.2) is 42.7 Å². The van der Waals surface area contributed by atoms with Crippen molar-refractivity contribution in [1.29, 1.82) is 0 Å². The number of nitrogens with zero attached hydrogens (tertiary/aromatic N) is 1. The summed E-state index contributed by atoms with van der Waals surface area (Å²) in [6.45, 7) is 2.04. The van der Waals surface area contributed by atoms with E-state index in [0.29, 0.717) is 0 Å². The molecular weight excluding hydrogens is 270 g/mol. The largest absolute Gasteiger partial charge is 0.271 e. The Labute approximate surface area is 125 Å². The molecule has 0 fully saturated rings. The topological polar surface area (TPSA) is 50.9 Å². The summed E-state index contributed by atoms with van der Waals surface area (Å²) in [6, 6.07) is 10.4. The Morgan fingerprint density at radius 3 is 2.85 bits per heavy atom. The predicted molar refractivity (Wildman–Crippen MR) is 83.6 cm³/mol. The molecule has 0 aliphatic heterocycles. The molecule has 4 heteroatoms. The van der Waals surface area contributed by atoms with Gasteiger partial charge in [0.05, 0.1) is 0 Å². The van der Waals surface area contributed by atoms with Crippen LogP contribution in [0.3, 0.4) is 0 Å². The molecule has 106 valence electrons. The molecule has 1 unspecified atom stereocenters. The quantitative estimate of drug-likeness (QED) is 0.635. The first-order valence-electron chi connectivity index (χ1n) is 6.79. The second-order valence-corrected chi connectivity index (χ2v) is 5.47. The molecular formula is C16H20ClN3. The summed E-state index contributed by atoms with van der Waals surface area (Å²) >= 11 is 6.27. The minimum absolute atomic E-state index is 0.204. The molecule has 1 aromatic carbocycles. The summed E-state index contributed by atoms with van der Waals surface area (Å²) in [5.41, 5.74) is 6.41. The van der Waals surface area contributed by atoms with Gasteiger partial charge in [0.25, 0.3) is 0 Å². The van der Waals surface area contributed by atoms with Crippen LogP contribution in [0.5, 0.6) is 0 Å². The number of nitrogens with one attached hydrogen (secondary N) is 1. The summed E-state index contributed by atoms with van der Waals surface area (Å²) in [5.74, 6) is 5.66. The van der Waals surface area contributed by atoms with Gasteiger partial charge in [-0.15, -0.1) is 0 Å². The summed E-state index contributed by atoms with van der Waals surface area (Å²) in [5, 5.41) is 0.812. The van der Waals surface area contributed by atoms with Crippen LogP contribution in [0.1, 0.15) is 23.1 Å². The molecule has 20 heavy (non-hydrogen) atoms. The Balaban J connectivity index is 1.95. The van der Waals surface area contributed by atoms with E-state index in [4.69, 9.17) is 17.4 Å². The molecule has 0 amide bonds. The number of pyridine rings is 1. The molecule has 1 atom stereocenters. The van der Waals surface area contributed by atoms with Crippen molar-refractivity contribution in [3.63, 3.8) is 0 Å². The summed E-state index contributed by atoms with van der Waals surface area (Å²) in [4.78, 5) is 4.12. The highest BCUT2D eigenvalue weighted by Crippen LogP contribution is 2.20. The van der Waals surface area contributed by atoms with Crippen LogP contribution in [0.2, 0.25) is 5.02 Å². The van der Waals surface area contributed by atoms with E-state index in [1.54, 1.807) is 6.20 Å². The molecule has 0 saturated carbocycles.